The summed E-state index contributed by atoms with van der Waals surface area (Å²) in [4.78, 5) is 0. The minimum Gasteiger partial charge on any atom is -0.380 e. The zero-order valence-electron chi connectivity index (χ0n) is 11.4. The molecule has 1 heterocycles. The van der Waals surface area contributed by atoms with Crippen LogP contribution in [0.4, 0.5) is 5.69 Å². The molecule has 0 aliphatic carbocycles. The number of fused-ring (bicyclic) bond motifs is 1. The number of ether oxygens (including phenoxy) is 1. The minimum absolute atomic E-state index is 0.654. The van der Waals surface area contributed by atoms with E-state index in [-0.39, 0.29) is 0 Å². The fourth-order valence-electron chi connectivity index (χ4n) is 2.23. The summed E-state index contributed by atoms with van der Waals surface area (Å²) in [6.07, 6.45) is 1.83. The minimum atomic E-state index is 0.654. The molecular weight excluding hydrogens is 250 g/mol. The third-order valence-corrected chi connectivity index (χ3v) is 3.29. The molecule has 0 aliphatic rings. The van der Waals surface area contributed by atoms with Gasteiger partial charge >= 0.3 is 0 Å². The predicted molar refractivity (Wildman–Crippen MR) is 80.6 cm³/mol. The van der Waals surface area contributed by atoms with E-state index in [1.807, 2.05) is 18.3 Å². The fourth-order valence-corrected chi connectivity index (χ4v) is 2.23. The molecule has 0 saturated carbocycles. The van der Waals surface area contributed by atoms with Crippen molar-refractivity contribution in [2.75, 3.05) is 12.4 Å². The number of H-pyrrole nitrogens is 1. The largest absolute Gasteiger partial charge is 0.380 e. The van der Waals surface area contributed by atoms with Gasteiger partial charge in [0.05, 0.1) is 24.0 Å². The molecule has 0 saturated heterocycles. The standard InChI is InChI=1S/C16H17N3O/c1-20-11-13-7-5-12(6-8-13)9-17-15-4-2-3-14-10-18-19-16(14)15/h2-8,10,17H,9,11H2,1H3,(H,18,19). The van der Waals surface area contributed by atoms with Crippen LogP contribution in [0.3, 0.4) is 0 Å². The van der Waals surface area contributed by atoms with E-state index in [1.54, 1.807) is 7.11 Å². The van der Waals surface area contributed by atoms with Crippen LogP contribution >= 0.6 is 0 Å². The first-order valence-electron chi connectivity index (χ1n) is 6.59. The van der Waals surface area contributed by atoms with Gasteiger partial charge in [0.15, 0.2) is 0 Å². The second-order valence-corrected chi connectivity index (χ2v) is 4.74. The highest BCUT2D eigenvalue weighted by Crippen LogP contribution is 2.21. The Morgan fingerprint density at radius 1 is 1.10 bits per heavy atom. The van der Waals surface area contributed by atoms with E-state index in [9.17, 15) is 0 Å². The van der Waals surface area contributed by atoms with Gasteiger partial charge in [0, 0.05) is 19.0 Å². The summed E-state index contributed by atoms with van der Waals surface area (Å²) < 4.78 is 5.11. The molecule has 3 rings (SSSR count). The highest BCUT2D eigenvalue weighted by molar-refractivity contribution is 5.89. The van der Waals surface area contributed by atoms with Gasteiger partial charge < -0.3 is 10.1 Å². The van der Waals surface area contributed by atoms with Crippen LogP contribution < -0.4 is 5.32 Å². The van der Waals surface area contributed by atoms with Crippen LogP contribution in [0.1, 0.15) is 11.1 Å². The first kappa shape index (κ1) is 12.7. The number of aromatic amines is 1. The topological polar surface area (TPSA) is 49.9 Å². The molecule has 0 aliphatic heterocycles. The first-order valence-corrected chi connectivity index (χ1v) is 6.59. The lowest BCUT2D eigenvalue weighted by molar-refractivity contribution is 0.185. The van der Waals surface area contributed by atoms with Gasteiger partial charge in [0.1, 0.15) is 0 Å². The molecule has 0 spiro atoms. The zero-order chi connectivity index (χ0) is 13.8. The number of hydrogen-bond acceptors (Lipinski definition) is 3. The van der Waals surface area contributed by atoms with Crippen molar-refractivity contribution in [2.45, 2.75) is 13.2 Å². The smallest absolute Gasteiger partial charge is 0.0881 e. The van der Waals surface area contributed by atoms with Crippen LogP contribution in [-0.2, 0) is 17.9 Å². The van der Waals surface area contributed by atoms with E-state index < -0.39 is 0 Å². The van der Waals surface area contributed by atoms with E-state index in [0.717, 1.165) is 23.1 Å². The average Bonchev–Trinajstić information content (AvgIpc) is 2.96. The third kappa shape index (κ3) is 2.65. The molecule has 0 fully saturated rings. The maximum atomic E-state index is 5.11. The summed E-state index contributed by atoms with van der Waals surface area (Å²) in [6, 6.07) is 14.6. The number of hydrogen-bond donors (Lipinski definition) is 2. The molecule has 0 amide bonds. The Morgan fingerprint density at radius 2 is 1.90 bits per heavy atom. The number of nitrogens with zero attached hydrogens (tertiary/aromatic N) is 1. The maximum absolute atomic E-state index is 5.11. The van der Waals surface area contributed by atoms with E-state index in [1.165, 1.54) is 11.1 Å². The van der Waals surface area contributed by atoms with Crippen LogP contribution in [0.25, 0.3) is 10.9 Å². The van der Waals surface area contributed by atoms with Gasteiger partial charge in [0.2, 0.25) is 0 Å². The van der Waals surface area contributed by atoms with E-state index in [2.05, 4.69) is 45.8 Å². The predicted octanol–water partition coefficient (Wildman–Crippen LogP) is 3.32. The molecule has 0 bridgehead atoms. The molecule has 4 nitrogen and oxygen atoms in total. The molecule has 20 heavy (non-hydrogen) atoms. The van der Waals surface area contributed by atoms with Gasteiger partial charge in [-0.05, 0) is 17.2 Å². The Labute approximate surface area is 117 Å². The van der Waals surface area contributed by atoms with Crippen LogP contribution in [0, 0.1) is 0 Å². The Kier molecular flexibility index (Phi) is 3.65. The van der Waals surface area contributed by atoms with Crippen molar-refractivity contribution in [3.05, 3.63) is 59.8 Å². The fraction of sp³-hybridized carbons (Fsp3) is 0.188. The number of benzene rings is 2. The number of nitrogens with one attached hydrogen (secondary N) is 2. The van der Waals surface area contributed by atoms with Gasteiger partial charge in [-0.3, -0.25) is 5.10 Å². The molecular formula is C16H17N3O. The van der Waals surface area contributed by atoms with Gasteiger partial charge in [-0.25, -0.2) is 0 Å². The normalized spacial score (nSPS) is 10.8. The molecule has 1 aromatic heterocycles. The van der Waals surface area contributed by atoms with E-state index >= 15 is 0 Å². The first-order chi connectivity index (χ1) is 9.86. The Morgan fingerprint density at radius 3 is 2.70 bits per heavy atom. The lowest BCUT2D eigenvalue weighted by Crippen LogP contribution is -2.00. The molecule has 4 heteroatoms. The Hall–Kier alpha value is -2.33. The van der Waals surface area contributed by atoms with Crippen LogP contribution in [0.15, 0.2) is 48.7 Å². The van der Waals surface area contributed by atoms with E-state index in [4.69, 9.17) is 4.74 Å². The summed E-state index contributed by atoms with van der Waals surface area (Å²) in [5, 5.41) is 11.6. The molecule has 2 N–H and O–H groups in total. The monoisotopic (exact) mass is 267 g/mol. The Bertz CT molecular complexity index is 688. The highest BCUT2D eigenvalue weighted by atomic mass is 16.5. The summed E-state index contributed by atoms with van der Waals surface area (Å²) in [5.74, 6) is 0. The van der Waals surface area contributed by atoms with Crippen molar-refractivity contribution < 1.29 is 4.74 Å². The van der Waals surface area contributed by atoms with E-state index in [0.29, 0.717) is 6.61 Å². The van der Waals surface area contributed by atoms with Crippen molar-refractivity contribution in [1.82, 2.24) is 10.2 Å². The number of rotatable bonds is 5. The molecule has 102 valence electrons. The van der Waals surface area contributed by atoms with Gasteiger partial charge in [-0.1, -0.05) is 36.4 Å². The summed E-state index contributed by atoms with van der Waals surface area (Å²) in [6.45, 7) is 1.44. The lowest BCUT2D eigenvalue weighted by Gasteiger charge is -2.08. The van der Waals surface area contributed by atoms with Gasteiger partial charge in [-0.15, -0.1) is 0 Å². The maximum Gasteiger partial charge on any atom is 0.0881 e. The average molecular weight is 267 g/mol. The number of anilines is 1. The lowest BCUT2D eigenvalue weighted by atomic mass is 10.1. The number of methoxy groups -OCH3 is 1. The van der Waals surface area contributed by atoms with Crippen LogP contribution in [0.5, 0.6) is 0 Å². The van der Waals surface area contributed by atoms with Crippen LogP contribution in [0.2, 0.25) is 0 Å². The number of aromatic nitrogens is 2. The summed E-state index contributed by atoms with van der Waals surface area (Å²) >= 11 is 0. The molecule has 0 unspecified atom stereocenters. The van der Waals surface area contributed by atoms with Gasteiger partial charge in [0.25, 0.3) is 0 Å². The quantitative estimate of drug-likeness (QED) is 0.745. The molecule has 0 atom stereocenters. The highest BCUT2D eigenvalue weighted by Gasteiger charge is 2.02. The Balaban J connectivity index is 1.71. The number of para-hydroxylation sites is 1. The van der Waals surface area contributed by atoms with Gasteiger partial charge in [-0.2, -0.15) is 5.10 Å². The second-order valence-electron chi connectivity index (χ2n) is 4.74. The molecule has 2 aromatic carbocycles. The summed E-state index contributed by atoms with van der Waals surface area (Å²) in [7, 11) is 1.71. The molecule has 0 radical (unpaired) electrons. The third-order valence-electron chi connectivity index (χ3n) is 3.29. The summed E-state index contributed by atoms with van der Waals surface area (Å²) in [5.41, 5.74) is 4.54. The van der Waals surface area contributed by atoms with Crippen molar-refractivity contribution in [3.63, 3.8) is 0 Å². The van der Waals surface area contributed by atoms with Crippen molar-refractivity contribution in [1.29, 1.82) is 0 Å². The zero-order valence-corrected chi connectivity index (χ0v) is 11.4. The van der Waals surface area contributed by atoms with Crippen molar-refractivity contribution in [2.24, 2.45) is 0 Å². The molecule has 3 aromatic rings. The van der Waals surface area contributed by atoms with Crippen molar-refractivity contribution in [3.8, 4) is 0 Å². The van der Waals surface area contributed by atoms with Crippen LogP contribution in [-0.4, -0.2) is 17.3 Å². The second kappa shape index (κ2) is 5.75. The SMILES string of the molecule is COCc1ccc(CNc2cccc3cn[nH]c23)cc1. The van der Waals surface area contributed by atoms with Crippen molar-refractivity contribution >= 4 is 16.6 Å².